The second-order valence-corrected chi connectivity index (χ2v) is 3.54. The van der Waals surface area contributed by atoms with Gasteiger partial charge in [0.05, 0.1) is 0 Å². The number of esters is 2. The van der Waals surface area contributed by atoms with Crippen molar-refractivity contribution in [1.82, 2.24) is 5.06 Å². The summed E-state index contributed by atoms with van der Waals surface area (Å²) in [7, 11) is 0. The van der Waals surface area contributed by atoms with E-state index in [1.165, 1.54) is 0 Å². The Kier molecular flexibility index (Phi) is 4.56. The van der Waals surface area contributed by atoms with E-state index in [4.69, 9.17) is 0 Å². The molecule has 0 radical (unpaired) electrons. The van der Waals surface area contributed by atoms with Crippen molar-refractivity contribution in [2.45, 2.75) is 33.0 Å². The number of carbonyl (C=O) groups is 5. The summed E-state index contributed by atoms with van der Waals surface area (Å²) in [6.45, 7) is 1.96. The molecule has 104 valence electrons. The minimum absolute atomic E-state index is 0.0854. The zero-order valence-corrected chi connectivity index (χ0v) is 10.2. The first-order valence-electron chi connectivity index (χ1n) is 5.23. The molecule has 0 spiro atoms. The first-order chi connectivity index (χ1) is 8.81. The van der Waals surface area contributed by atoms with Crippen molar-refractivity contribution in [1.29, 1.82) is 0 Å². The van der Waals surface area contributed by atoms with Crippen LogP contribution in [0.25, 0.3) is 0 Å². The third-order valence-electron chi connectivity index (χ3n) is 1.93. The molecule has 1 aliphatic heterocycles. The van der Waals surface area contributed by atoms with Crippen molar-refractivity contribution in [2.75, 3.05) is 0 Å². The average molecular weight is 273 g/mol. The molecule has 0 aromatic rings. The third kappa shape index (κ3) is 4.05. The Morgan fingerprint density at radius 2 is 1.42 bits per heavy atom. The molecule has 1 fully saturated rings. The van der Waals surface area contributed by atoms with Crippen molar-refractivity contribution in [3.8, 4) is 0 Å². The van der Waals surface area contributed by atoms with Gasteiger partial charge in [-0.3, -0.25) is 19.2 Å². The molecular formula is C10H11NO8. The summed E-state index contributed by atoms with van der Waals surface area (Å²) in [6.07, 6.45) is -2.13. The van der Waals surface area contributed by atoms with Crippen LogP contribution in [0.1, 0.15) is 26.7 Å². The van der Waals surface area contributed by atoms with Crippen molar-refractivity contribution in [2.24, 2.45) is 0 Å². The van der Waals surface area contributed by atoms with E-state index in [0.717, 1.165) is 13.8 Å². The molecule has 9 heteroatoms. The topological polar surface area (TPSA) is 116 Å². The Hall–Kier alpha value is -2.45. The number of rotatable bonds is 4. The van der Waals surface area contributed by atoms with Gasteiger partial charge in [0.25, 0.3) is 11.8 Å². The highest BCUT2D eigenvalue weighted by Gasteiger charge is 2.37. The van der Waals surface area contributed by atoms with Crippen LogP contribution in [-0.4, -0.2) is 41.1 Å². The third-order valence-corrected chi connectivity index (χ3v) is 1.93. The largest absolute Gasteiger partial charge is 0.414 e. The number of carbonyl (C=O) groups excluding carboxylic acids is 5. The maximum Gasteiger partial charge on any atom is 0.414 e. The Bertz CT molecular complexity index is 411. The number of imide groups is 1. The van der Waals surface area contributed by atoms with E-state index in [0.29, 0.717) is 0 Å². The molecule has 1 heterocycles. The molecule has 0 aliphatic carbocycles. The number of hydroxylamine groups is 2. The SMILES string of the molecule is CC(=O)OC(OC(C)=O)C(=O)ON1C(=O)CCC1=O. The summed E-state index contributed by atoms with van der Waals surface area (Å²) < 4.78 is 8.80. The smallest absolute Gasteiger partial charge is 0.414 e. The van der Waals surface area contributed by atoms with Crippen molar-refractivity contribution < 1.29 is 38.3 Å². The lowest BCUT2D eigenvalue weighted by atomic mass is 10.4. The molecule has 19 heavy (non-hydrogen) atoms. The maximum atomic E-state index is 11.5. The molecule has 9 nitrogen and oxygen atoms in total. The minimum Gasteiger partial charge on any atom is -0.414 e. The molecule has 0 N–H and O–H groups in total. The molecule has 0 atom stereocenters. The van der Waals surface area contributed by atoms with Crippen molar-refractivity contribution in [3.05, 3.63) is 0 Å². The van der Waals surface area contributed by atoms with Gasteiger partial charge in [-0.2, -0.15) is 0 Å². The van der Waals surface area contributed by atoms with Crippen LogP contribution in [0.3, 0.4) is 0 Å². The molecule has 1 saturated heterocycles. The molecule has 1 rings (SSSR count). The van der Waals surface area contributed by atoms with Gasteiger partial charge < -0.3 is 14.3 Å². The van der Waals surface area contributed by atoms with Gasteiger partial charge in [0.2, 0.25) is 0 Å². The van der Waals surface area contributed by atoms with E-state index >= 15 is 0 Å². The Labute approximate surface area is 107 Å². The monoisotopic (exact) mass is 273 g/mol. The second kappa shape index (κ2) is 5.94. The van der Waals surface area contributed by atoms with Gasteiger partial charge in [0.15, 0.2) is 0 Å². The van der Waals surface area contributed by atoms with Crippen LogP contribution in [0.5, 0.6) is 0 Å². The highest BCUT2D eigenvalue weighted by Crippen LogP contribution is 2.13. The van der Waals surface area contributed by atoms with E-state index in [1.807, 2.05) is 0 Å². The molecule has 0 saturated carbocycles. The predicted octanol–water partition coefficient (Wildman–Crippen LogP) is -0.954. The first-order valence-corrected chi connectivity index (χ1v) is 5.23. The number of nitrogens with zero attached hydrogens (tertiary/aromatic N) is 1. The molecule has 1 aliphatic rings. The zero-order chi connectivity index (χ0) is 14.6. The number of amides is 2. The Morgan fingerprint density at radius 1 is 1.00 bits per heavy atom. The lowest BCUT2D eigenvalue weighted by Gasteiger charge is -2.18. The quantitative estimate of drug-likeness (QED) is 0.365. The lowest BCUT2D eigenvalue weighted by Crippen LogP contribution is -2.39. The fourth-order valence-electron chi connectivity index (χ4n) is 1.21. The normalized spacial score (nSPS) is 14.6. The molecule has 0 bridgehead atoms. The molecule has 0 aromatic heterocycles. The van der Waals surface area contributed by atoms with Crippen LogP contribution in [0.4, 0.5) is 0 Å². The van der Waals surface area contributed by atoms with Crippen molar-refractivity contribution in [3.63, 3.8) is 0 Å². The summed E-state index contributed by atoms with van der Waals surface area (Å²) in [6, 6.07) is 0. The van der Waals surface area contributed by atoms with Crippen LogP contribution >= 0.6 is 0 Å². The maximum absolute atomic E-state index is 11.5. The van der Waals surface area contributed by atoms with Gasteiger partial charge in [0, 0.05) is 26.7 Å². The van der Waals surface area contributed by atoms with Crippen LogP contribution in [-0.2, 0) is 38.3 Å². The summed E-state index contributed by atoms with van der Waals surface area (Å²) >= 11 is 0. The summed E-state index contributed by atoms with van der Waals surface area (Å²) in [4.78, 5) is 59.9. The van der Waals surface area contributed by atoms with Crippen LogP contribution in [0.2, 0.25) is 0 Å². The number of ether oxygens (including phenoxy) is 2. The fourth-order valence-corrected chi connectivity index (χ4v) is 1.21. The summed E-state index contributed by atoms with van der Waals surface area (Å²) in [5, 5.41) is 0.252. The van der Waals surface area contributed by atoms with Gasteiger partial charge in [-0.25, -0.2) is 4.79 Å². The van der Waals surface area contributed by atoms with Gasteiger partial charge >= 0.3 is 24.2 Å². The van der Waals surface area contributed by atoms with E-state index in [2.05, 4.69) is 14.3 Å². The highest BCUT2D eigenvalue weighted by atomic mass is 16.8. The average Bonchev–Trinajstić information content (AvgIpc) is 2.58. The van der Waals surface area contributed by atoms with E-state index in [1.54, 1.807) is 0 Å². The lowest BCUT2D eigenvalue weighted by molar-refractivity contribution is -0.225. The zero-order valence-electron chi connectivity index (χ0n) is 10.2. The standard InChI is InChI=1S/C10H11NO8/c1-5(12)17-10(18-6(2)13)9(16)19-11-7(14)3-4-8(11)15/h10H,3-4H2,1-2H3. The van der Waals surface area contributed by atoms with Gasteiger partial charge in [-0.15, -0.1) is 5.06 Å². The van der Waals surface area contributed by atoms with Crippen molar-refractivity contribution >= 4 is 29.7 Å². The predicted molar refractivity (Wildman–Crippen MR) is 54.5 cm³/mol. The first kappa shape index (κ1) is 14.6. The summed E-state index contributed by atoms with van der Waals surface area (Å²) in [5.74, 6) is -4.57. The molecular weight excluding hydrogens is 262 g/mol. The second-order valence-electron chi connectivity index (χ2n) is 3.54. The Morgan fingerprint density at radius 3 is 1.79 bits per heavy atom. The fraction of sp³-hybridized carbons (Fsp3) is 0.500. The van der Waals surface area contributed by atoms with Crippen LogP contribution in [0.15, 0.2) is 0 Å². The number of hydrogen-bond acceptors (Lipinski definition) is 8. The molecule has 0 unspecified atom stereocenters. The minimum atomic E-state index is -1.96. The molecule has 0 aromatic carbocycles. The van der Waals surface area contributed by atoms with Gasteiger partial charge in [0.1, 0.15) is 0 Å². The van der Waals surface area contributed by atoms with E-state index in [9.17, 15) is 24.0 Å². The van der Waals surface area contributed by atoms with Crippen LogP contribution in [0, 0.1) is 0 Å². The van der Waals surface area contributed by atoms with Gasteiger partial charge in [-0.1, -0.05) is 0 Å². The van der Waals surface area contributed by atoms with E-state index < -0.39 is 36.0 Å². The van der Waals surface area contributed by atoms with E-state index in [-0.39, 0.29) is 17.9 Å². The Balaban J connectivity index is 2.70. The molecule has 2 amide bonds. The number of hydrogen-bond donors (Lipinski definition) is 0. The highest BCUT2D eigenvalue weighted by molar-refractivity contribution is 6.01. The van der Waals surface area contributed by atoms with Gasteiger partial charge in [-0.05, 0) is 0 Å². The van der Waals surface area contributed by atoms with Crippen LogP contribution < -0.4 is 0 Å². The summed E-state index contributed by atoms with van der Waals surface area (Å²) in [5.41, 5.74) is 0.